The number of halogens is 1. The van der Waals surface area contributed by atoms with Gasteiger partial charge in [-0.25, -0.2) is 4.39 Å². The Hall–Kier alpha value is -1.82. The number of carbonyl (C=O) groups excluding carboxylic acids is 1. The summed E-state index contributed by atoms with van der Waals surface area (Å²) in [6.07, 6.45) is 1.75. The van der Waals surface area contributed by atoms with Gasteiger partial charge in [-0.3, -0.25) is 9.48 Å². The Balaban J connectivity index is 1.83. The molecule has 0 bridgehead atoms. The normalized spacial score (nSPS) is 10.3. The second-order valence-corrected chi connectivity index (χ2v) is 4.71. The van der Waals surface area contributed by atoms with Crippen molar-refractivity contribution in [2.75, 3.05) is 11.1 Å². The SMILES string of the molecule is Cn1ccc(NC(=O)CSc2ccc(F)cc2)n1. The van der Waals surface area contributed by atoms with Gasteiger partial charge in [-0.15, -0.1) is 11.8 Å². The van der Waals surface area contributed by atoms with Gasteiger partial charge in [-0.2, -0.15) is 5.10 Å². The summed E-state index contributed by atoms with van der Waals surface area (Å²) in [6.45, 7) is 0. The molecule has 1 heterocycles. The molecule has 2 rings (SSSR count). The zero-order valence-corrected chi connectivity index (χ0v) is 10.6. The van der Waals surface area contributed by atoms with Gasteiger partial charge in [0.1, 0.15) is 5.82 Å². The summed E-state index contributed by atoms with van der Waals surface area (Å²) in [7, 11) is 1.78. The lowest BCUT2D eigenvalue weighted by molar-refractivity contribution is -0.113. The molecule has 0 fully saturated rings. The van der Waals surface area contributed by atoms with Gasteiger partial charge in [0.25, 0.3) is 0 Å². The van der Waals surface area contributed by atoms with E-state index in [0.29, 0.717) is 5.82 Å². The average molecular weight is 265 g/mol. The van der Waals surface area contributed by atoms with Crippen molar-refractivity contribution in [2.45, 2.75) is 4.90 Å². The molecule has 0 radical (unpaired) electrons. The van der Waals surface area contributed by atoms with Crippen LogP contribution < -0.4 is 5.32 Å². The topological polar surface area (TPSA) is 46.9 Å². The standard InChI is InChI=1S/C12H12FN3OS/c1-16-7-6-11(15-16)14-12(17)8-18-10-4-2-9(13)3-5-10/h2-7H,8H2,1H3,(H,14,15,17). The van der Waals surface area contributed by atoms with E-state index >= 15 is 0 Å². The highest BCUT2D eigenvalue weighted by atomic mass is 32.2. The number of amides is 1. The molecule has 1 aromatic carbocycles. The summed E-state index contributed by atoms with van der Waals surface area (Å²) in [5.41, 5.74) is 0. The summed E-state index contributed by atoms with van der Waals surface area (Å²) < 4.78 is 14.3. The largest absolute Gasteiger partial charge is 0.308 e. The number of aromatic nitrogens is 2. The van der Waals surface area contributed by atoms with Gasteiger partial charge < -0.3 is 5.32 Å². The van der Waals surface area contributed by atoms with E-state index in [9.17, 15) is 9.18 Å². The van der Waals surface area contributed by atoms with Gasteiger partial charge >= 0.3 is 0 Å². The van der Waals surface area contributed by atoms with Gasteiger partial charge in [0, 0.05) is 24.2 Å². The molecular weight excluding hydrogens is 253 g/mol. The Morgan fingerprint density at radius 3 is 2.72 bits per heavy atom. The van der Waals surface area contributed by atoms with Crippen LogP contribution in [-0.2, 0) is 11.8 Å². The van der Waals surface area contributed by atoms with Crippen LogP contribution >= 0.6 is 11.8 Å². The van der Waals surface area contributed by atoms with E-state index in [1.165, 1.54) is 23.9 Å². The first-order valence-corrected chi connectivity index (χ1v) is 6.30. The van der Waals surface area contributed by atoms with Crippen LogP contribution in [0.25, 0.3) is 0 Å². The third kappa shape index (κ3) is 3.59. The molecule has 0 aliphatic heterocycles. The molecule has 0 unspecified atom stereocenters. The summed E-state index contributed by atoms with van der Waals surface area (Å²) in [6, 6.07) is 7.76. The fourth-order valence-electron chi connectivity index (χ4n) is 1.34. The van der Waals surface area contributed by atoms with Crippen LogP contribution in [0.4, 0.5) is 10.2 Å². The van der Waals surface area contributed by atoms with Gasteiger partial charge in [-0.05, 0) is 24.3 Å². The molecule has 94 valence electrons. The van der Waals surface area contributed by atoms with Gasteiger partial charge in [0.15, 0.2) is 5.82 Å². The number of nitrogens with one attached hydrogen (secondary N) is 1. The maximum atomic E-state index is 12.7. The molecule has 0 saturated carbocycles. The van der Waals surface area contributed by atoms with Gasteiger partial charge in [-0.1, -0.05) is 0 Å². The summed E-state index contributed by atoms with van der Waals surface area (Å²) >= 11 is 1.35. The molecule has 2 aromatic rings. The summed E-state index contributed by atoms with van der Waals surface area (Å²) in [5, 5.41) is 6.72. The van der Waals surface area contributed by atoms with Crippen LogP contribution in [0.1, 0.15) is 0 Å². The fourth-order valence-corrected chi connectivity index (χ4v) is 2.04. The number of thioether (sulfide) groups is 1. The predicted molar refractivity (Wildman–Crippen MR) is 69.0 cm³/mol. The van der Waals surface area contributed by atoms with E-state index in [1.54, 1.807) is 36.1 Å². The van der Waals surface area contributed by atoms with Crippen molar-refractivity contribution >= 4 is 23.5 Å². The molecule has 0 aliphatic rings. The van der Waals surface area contributed by atoms with Crippen molar-refractivity contribution in [3.63, 3.8) is 0 Å². The van der Waals surface area contributed by atoms with Crippen molar-refractivity contribution < 1.29 is 9.18 Å². The highest BCUT2D eigenvalue weighted by Crippen LogP contribution is 2.18. The average Bonchev–Trinajstić information content (AvgIpc) is 2.74. The minimum absolute atomic E-state index is 0.136. The third-order valence-electron chi connectivity index (χ3n) is 2.16. The van der Waals surface area contributed by atoms with E-state index < -0.39 is 0 Å². The molecule has 1 aromatic heterocycles. The molecule has 0 saturated heterocycles. The van der Waals surface area contributed by atoms with Gasteiger partial charge in [0.05, 0.1) is 5.75 Å². The van der Waals surface area contributed by atoms with Crippen molar-refractivity contribution in [3.8, 4) is 0 Å². The minimum Gasteiger partial charge on any atom is -0.308 e. The highest BCUT2D eigenvalue weighted by molar-refractivity contribution is 8.00. The number of hydrogen-bond donors (Lipinski definition) is 1. The van der Waals surface area contributed by atoms with Crippen molar-refractivity contribution in [3.05, 3.63) is 42.3 Å². The molecule has 4 nitrogen and oxygen atoms in total. The number of carbonyl (C=O) groups is 1. The maximum absolute atomic E-state index is 12.7. The van der Waals surface area contributed by atoms with E-state index in [4.69, 9.17) is 0 Å². The van der Waals surface area contributed by atoms with Crippen LogP contribution in [-0.4, -0.2) is 21.4 Å². The Bertz CT molecular complexity index is 539. The molecule has 0 spiro atoms. The first-order chi connectivity index (χ1) is 8.63. The number of hydrogen-bond acceptors (Lipinski definition) is 3. The van der Waals surface area contributed by atoms with Crippen LogP contribution in [0.3, 0.4) is 0 Å². The molecule has 1 N–H and O–H groups in total. The number of rotatable bonds is 4. The van der Waals surface area contributed by atoms with Crippen molar-refractivity contribution in [1.82, 2.24) is 9.78 Å². The summed E-state index contributed by atoms with van der Waals surface area (Å²) in [4.78, 5) is 12.5. The second-order valence-electron chi connectivity index (χ2n) is 3.67. The van der Waals surface area contributed by atoms with Crippen LogP contribution in [0.5, 0.6) is 0 Å². The second kappa shape index (κ2) is 5.68. The van der Waals surface area contributed by atoms with E-state index in [0.717, 1.165) is 4.90 Å². The smallest absolute Gasteiger partial charge is 0.235 e. The third-order valence-corrected chi connectivity index (χ3v) is 3.18. The Morgan fingerprint density at radius 2 is 2.11 bits per heavy atom. The Morgan fingerprint density at radius 1 is 1.39 bits per heavy atom. The van der Waals surface area contributed by atoms with E-state index in [1.807, 2.05) is 0 Å². The monoisotopic (exact) mass is 265 g/mol. The number of nitrogens with zero attached hydrogens (tertiary/aromatic N) is 2. The first kappa shape index (κ1) is 12.6. The molecule has 18 heavy (non-hydrogen) atoms. The van der Waals surface area contributed by atoms with E-state index in [-0.39, 0.29) is 17.5 Å². The molecule has 6 heteroatoms. The molecule has 1 amide bonds. The van der Waals surface area contributed by atoms with Crippen molar-refractivity contribution in [1.29, 1.82) is 0 Å². The predicted octanol–water partition coefficient (Wildman–Crippen LogP) is 2.29. The van der Waals surface area contributed by atoms with Crippen molar-refractivity contribution in [2.24, 2.45) is 7.05 Å². The highest BCUT2D eigenvalue weighted by Gasteiger charge is 2.05. The summed E-state index contributed by atoms with van der Waals surface area (Å²) in [5.74, 6) is 0.380. The van der Waals surface area contributed by atoms with Crippen LogP contribution in [0, 0.1) is 5.82 Å². The zero-order chi connectivity index (χ0) is 13.0. The lowest BCUT2D eigenvalue weighted by atomic mass is 10.4. The fraction of sp³-hybridized carbons (Fsp3) is 0.167. The van der Waals surface area contributed by atoms with E-state index in [2.05, 4.69) is 10.4 Å². The Labute approximate surface area is 108 Å². The zero-order valence-electron chi connectivity index (χ0n) is 9.76. The maximum Gasteiger partial charge on any atom is 0.235 e. The minimum atomic E-state index is -0.280. The lowest BCUT2D eigenvalue weighted by Crippen LogP contribution is -2.14. The number of aryl methyl sites for hydroxylation is 1. The van der Waals surface area contributed by atoms with Gasteiger partial charge in [0.2, 0.25) is 5.91 Å². The number of anilines is 1. The Kier molecular flexibility index (Phi) is 3.99. The quantitative estimate of drug-likeness (QED) is 0.863. The molecule has 0 atom stereocenters. The number of benzene rings is 1. The molecular formula is C12H12FN3OS. The molecule has 0 aliphatic carbocycles. The van der Waals surface area contributed by atoms with Crippen LogP contribution in [0.2, 0.25) is 0 Å². The lowest BCUT2D eigenvalue weighted by Gasteiger charge is -2.02. The first-order valence-electron chi connectivity index (χ1n) is 5.31. The van der Waals surface area contributed by atoms with Crippen LogP contribution in [0.15, 0.2) is 41.4 Å².